The lowest BCUT2D eigenvalue weighted by Gasteiger charge is -2.15. The van der Waals surface area contributed by atoms with Crippen LogP contribution in [0.5, 0.6) is 0 Å². The molecule has 2 rings (SSSR count). The molecule has 1 aliphatic rings. The van der Waals surface area contributed by atoms with E-state index in [1.807, 2.05) is 13.0 Å². The summed E-state index contributed by atoms with van der Waals surface area (Å²) in [5, 5.41) is 0. The third-order valence-electron chi connectivity index (χ3n) is 2.98. The first-order chi connectivity index (χ1) is 8.21. The Bertz CT molecular complexity index is 384. The zero-order chi connectivity index (χ0) is 12.3. The molecule has 0 aliphatic carbocycles. The Morgan fingerprint density at radius 1 is 1.59 bits per heavy atom. The smallest absolute Gasteiger partial charge is 0.145 e. The normalized spacial score (nSPS) is 20.8. The van der Waals surface area contributed by atoms with Crippen molar-refractivity contribution < 1.29 is 4.74 Å². The first kappa shape index (κ1) is 12.2. The number of nitrogens with zero attached hydrogens (tertiary/aromatic N) is 3. The van der Waals surface area contributed by atoms with Crippen LogP contribution in [0.2, 0.25) is 0 Å². The van der Waals surface area contributed by atoms with E-state index < -0.39 is 0 Å². The summed E-state index contributed by atoms with van der Waals surface area (Å²) in [7, 11) is 1.76. The number of nitrogens with one attached hydrogen (secondary N) is 1. The van der Waals surface area contributed by atoms with E-state index in [1.165, 1.54) is 0 Å². The molecule has 1 atom stereocenters. The topological polar surface area (TPSA) is 76.3 Å². The van der Waals surface area contributed by atoms with Crippen molar-refractivity contribution in [1.82, 2.24) is 14.9 Å². The van der Waals surface area contributed by atoms with Crippen molar-refractivity contribution in [1.29, 1.82) is 0 Å². The first-order valence-electron chi connectivity index (χ1n) is 5.77. The Kier molecular flexibility index (Phi) is 3.88. The summed E-state index contributed by atoms with van der Waals surface area (Å²) in [5.41, 5.74) is 3.48. The van der Waals surface area contributed by atoms with Gasteiger partial charge in [0.25, 0.3) is 0 Å². The average molecular weight is 237 g/mol. The van der Waals surface area contributed by atoms with Crippen molar-refractivity contribution >= 4 is 5.82 Å². The van der Waals surface area contributed by atoms with E-state index >= 15 is 0 Å². The molecule has 1 fully saturated rings. The summed E-state index contributed by atoms with van der Waals surface area (Å²) in [6.07, 6.45) is 1.41. The van der Waals surface area contributed by atoms with Crippen LogP contribution < -0.4 is 11.3 Å². The number of rotatable bonds is 4. The van der Waals surface area contributed by atoms with Crippen molar-refractivity contribution in [2.75, 3.05) is 25.6 Å². The van der Waals surface area contributed by atoms with Gasteiger partial charge in [-0.05, 0) is 13.3 Å². The van der Waals surface area contributed by atoms with Gasteiger partial charge in [0.15, 0.2) is 0 Å². The molecule has 0 aromatic carbocycles. The Morgan fingerprint density at radius 2 is 2.41 bits per heavy atom. The molecule has 6 nitrogen and oxygen atoms in total. The number of nitrogen functional groups attached to an aromatic ring is 1. The fraction of sp³-hybridized carbons (Fsp3) is 0.636. The molecule has 0 amide bonds. The predicted octanol–water partition coefficient (Wildman–Crippen LogP) is 0.291. The van der Waals surface area contributed by atoms with Crippen LogP contribution in [0.3, 0.4) is 0 Å². The van der Waals surface area contributed by atoms with Gasteiger partial charge in [-0.3, -0.25) is 4.90 Å². The van der Waals surface area contributed by atoms with Crippen LogP contribution in [0.25, 0.3) is 0 Å². The number of hydrazine groups is 1. The van der Waals surface area contributed by atoms with Gasteiger partial charge in [0.1, 0.15) is 11.6 Å². The van der Waals surface area contributed by atoms with Gasteiger partial charge >= 0.3 is 0 Å². The number of likely N-dealkylation sites (tertiary alicyclic amines) is 1. The number of aryl methyl sites for hydroxylation is 1. The molecule has 3 N–H and O–H groups in total. The summed E-state index contributed by atoms with van der Waals surface area (Å²) < 4.78 is 5.33. The summed E-state index contributed by atoms with van der Waals surface area (Å²) >= 11 is 0. The van der Waals surface area contributed by atoms with Gasteiger partial charge in [-0.15, -0.1) is 0 Å². The molecule has 0 radical (unpaired) electrons. The van der Waals surface area contributed by atoms with E-state index in [0.29, 0.717) is 11.9 Å². The van der Waals surface area contributed by atoms with E-state index in [4.69, 9.17) is 10.6 Å². The van der Waals surface area contributed by atoms with E-state index in [1.54, 1.807) is 7.11 Å². The number of ether oxygens (including phenoxy) is 1. The number of methoxy groups -OCH3 is 1. The maximum atomic E-state index is 5.37. The molecule has 6 heteroatoms. The maximum absolute atomic E-state index is 5.37. The van der Waals surface area contributed by atoms with Crippen molar-refractivity contribution in [2.45, 2.75) is 26.0 Å². The Labute approximate surface area is 101 Å². The number of hydrogen-bond acceptors (Lipinski definition) is 6. The van der Waals surface area contributed by atoms with Gasteiger partial charge < -0.3 is 10.2 Å². The molecule has 1 unspecified atom stereocenters. The molecule has 1 saturated heterocycles. The Hall–Kier alpha value is -1.24. The summed E-state index contributed by atoms with van der Waals surface area (Å²) in [6.45, 7) is 4.66. The van der Waals surface area contributed by atoms with Gasteiger partial charge in [-0.25, -0.2) is 15.8 Å². The van der Waals surface area contributed by atoms with Crippen LogP contribution >= 0.6 is 0 Å². The maximum Gasteiger partial charge on any atom is 0.145 e. The minimum atomic E-state index is 0.340. The van der Waals surface area contributed by atoms with E-state index in [-0.39, 0.29) is 0 Å². The summed E-state index contributed by atoms with van der Waals surface area (Å²) in [4.78, 5) is 11.0. The second-order valence-electron chi connectivity index (χ2n) is 4.34. The Morgan fingerprint density at radius 3 is 3.06 bits per heavy atom. The van der Waals surface area contributed by atoms with E-state index in [9.17, 15) is 0 Å². The zero-order valence-electron chi connectivity index (χ0n) is 10.3. The molecule has 0 saturated carbocycles. The molecule has 1 aliphatic heterocycles. The highest BCUT2D eigenvalue weighted by atomic mass is 16.5. The van der Waals surface area contributed by atoms with Crippen molar-refractivity contribution in [3.63, 3.8) is 0 Å². The van der Waals surface area contributed by atoms with Crippen LogP contribution in [0.15, 0.2) is 6.07 Å². The van der Waals surface area contributed by atoms with Crippen LogP contribution in [-0.4, -0.2) is 41.2 Å². The highest BCUT2D eigenvalue weighted by Gasteiger charge is 2.22. The van der Waals surface area contributed by atoms with E-state index in [2.05, 4.69) is 20.3 Å². The number of anilines is 1. The first-order valence-corrected chi connectivity index (χ1v) is 5.77. The van der Waals surface area contributed by atoms with Gasteiger partial charge in [0, 0.05) is 32.0 Å². The highest BCUT2D eigenvalue weighted by molar-refractivity contribution is 5.33. The van der Waals surface area contributed by atoms with Crippen LogP contribution in [0, 0.1) is 6.92 Å². The predicted molar refractivity (Wildman–Crippen MR) is 65.3 cm³/mol. The van der Waals surface area contributed by atoms with Crippen LogP contribution in [0.4, 0.5) is 5.82 Å². The molecule has 0 bridgehead atoms. The van der Waals surface area contributed by atoms with Crippen molar-refractivity contribution in [2.24, 2.45) is 5.84 Å². The van der Waals surface area contributed by atoms with Crippen LogP contribution in [-0.2, 0) is 11.3 Å². The molecule has 17 heavy (non-hydrogen) atoms. The molecular formula is C11H19N5O. The van der Waals surface area contributed by atoms with Gasteiger partial charge in [0.05, 0.1) is 12.6 Å². The van der Waals surface area contributed by atoms with Gasteiger partial charge in [-0.1, -0.05) is 0 Å². The number of nitrogens with two attached hydrogens (primary N) is 1. The molecule has 0 spiro atoms. The second kappa shape index (κ2) is 5.39. The van der Waals surface area contributed by atoms with Crippen LogP contribution in [0.1, 0.15) is 17.9 Å². The molecule has 1 aromatic rings. The third kappa shape index (κ3) is 3.12. The lowest BCUT2D eigenvalue weighted by Crippen LogP contribution is -2.24. The fourth-order valence-electron chi connectivity index (χ4n) is 2.11. The average Bonchev–Trinajstić information content (AvgIpc) is 2.76. The quantitative estimate of drug-likeness (QED) is 0.579. The molecule has 94 valence electrons. The SMILES string of the molecule is COC1CCN(Cc2nc(C)cc(NN)n2)C1. The number of hydrogen-bond donors (Lipinski definition) is 2. The minimum absolute atomic E-state index is 0.340. The lowest BCUT2D eigenvalue weighted by atomic mass is 10.3. The molecular weight excluding hydrogens is 218 g/mol. The molecule has 2 heterocycles. The standard InChI is InChI=1S/C11H19N5O/c1-8-5-10(15-12)14-11(13-8)7-16-4-3-9(6-16)17-2/h5,9H,3-4,6-7,12H2,1-2H3,(H,13,14,15). The lowest BCUT2D eigenvalue weighted by molar-refractivity contribution is 0.107. The highest BCUT2D eigenvalue weighted by Crippen LogP contribution is 2.14. The second-order valence-corrected chi connectivity index (χ2v) is 4.34. The number of aromatic nitrogens is 2. The van der Waals surface area contributed by atoms with E-state index in [0.717, 1.165) is 37.6 Å². The molecule has 1 aromatic heterocycles. The Balaban J connectivity index is 2.01. The zero-order valence-corrected chi connectivity index (χ0v) is 10.3. The fourth-order valence-corrected chi connectivity index (χ4v) is 2.11. The monoisotopic (exact) mass is 237 g/mol. The largest absolute Gasteiger partial charge is 0.380 e. The van der Waals surface area contributed by atoms with Crippen molar-refractivity contribution in [3.05, 3.63) is 17.6 Å². The van der Waals surface area contributed by atoms with Gasteiger partial charge in [0.2, 0.25) is 0 Å². The third-order valence-corrected chi connectivity index (χ3v) is 2.98. The summed E-state index contributed by atoms with van der Waals surface area (Å²) in [5.74, 6) is 6.83. The van der Waals surface area contributed by atoms with Crippen molar-refractivity contribution in [3.8, 4) is 0 Å². The summed E-state index contributed by atoms with van der Waals surface area (Å²) in [6, 6.07) is 1.82. The van der Waals surface area contributed by atoms with Gasteiger partial charge in [-0.2, -0.15) is 0 Å². The minimum Gasteiger partial charge on any atom is -0.380 e.